The van der Waals surface area contributed by atoms with E-state index >= 15 is 0 Å². The van der Waals surface area contributed by atoms with Crippen LogP contribution in [-0.2, 0) is 9.53 Å². The van der Waals surface area contributed by atoms with Gasteiger partial charge in [-0.3, -0.25) is 0 Å². The number of esters is 1. The quantitative estimate of drug-likeness (QED) is 0.630. The van der Waals surface area contributed by atoms with Gasteiger partial charge in [0.15, 0.2) is 18.2 Å². The molecule has 0 atom stereocenters. The first-order chi connectivity index (χ1) is 7.04. The fourth-order valence-corrected chi connectivity index (χ4v) is 1.13. The molecule has 0 saturated heterocycles. The summed E-state index contributed by atoms with van der Waals surface area (Å²) in [5.41, 5.74) is 0. The van der Waals surface area contributed by atoms with Gasteiger partial charge in [0.1, 0.15) is 5.82 Å². The first-order valence-corrected chi connectivity index (χ1v) is 4.68. The van der Waals surface area contributed by atoms with E-state index in [0.717, 1.165) is 6.07 Å². The van der Waals surface area contributed by atoms with Crippen LogP contribution in [0.25, 0.3) is 0 Å². The third-order valence-corrected chi connectivity index (χ3v) is 2.16. The largest absolute Gasteiger partial charge is 0.479 e. The lowest BCUT2D eigenvalue weighted by atomic mass is 10.3. The van der Waals surface area contributed by atoms with E-state index in [1.54, 1.807) is 0 Å². The van der Waals surface area contributed by atoms with Gasteiger partial charge in [-0.15, -0.1) is 0 Å². The molecule has 1 aromatic carbocycles. The molecule has 0 heterocycles. The van der Waals surface area contributed by atoms with E-state index in [4.69, 9.17) is 4.74 Å². The molecule has 0 amide bonds. The number of carbonyl (C=O) groups is 1. The van der Waals surface area contributed by atoms with Crippen molar-refractivity contribution >= 4 is 21.9 Å². The number of benzene rings is 1. The number of rotatable bonds is 3. The molecular formula is C9H7BrF2O3. The Morgan fingerprint density at radius 3 is 2.67 bits per heavy atom. The maximum atomic E-state index is 13.0. The predicted octanol–water partition coefficient (Wildman–Crippen LogP) is 2.28. The maximum absolute atomic E-state index is 13.0. The molecule has 0 fully saturated rings. The Morgan fingerprint density at radius 2 is 2.07 bits per heavy atom. The van der Waals surface area contributed by atoms with Gasteiger partial charge in [0.05, 0.1) is 11.6 Å². The molecule has 0 unspecified atom stereocenters. The third kappa shape index (κ3) is 3.16. The second kappa shape index (κ2) is 5.06. The zero-order valence-electron chi connectivity index (χ0n) is 7.72. The Labute approximate surface area is 93.1 Å². The number of ether oxygens (including phenoxy) is 2. The lowest BCUT2D eigenvalue weighted by Crippen LogP contribution is -2.13. The molecule has 0 radical (unpaired) electrons. The molecule has 82 valence electrons. The van der Waals surface area contributed by atoms with Crippen LogP contribution in [0.2, 0.25) is 0 Å². The highest BCUT2D eigenvalue weighted by molar-refractivity contribution is 9.10. The van der Waals surface area contributed by atoms with Crippen LogP contribution in [0.15, 0.2) is 16.6 Å². The van der Waals surface area contributed by atoms with Crippen molar-refractivity contribution in [3.8, 4) is 5.75 Å². The van der Waals surface area contributed by atoms with Crippen LogP contribution in [0, 0.1) is 11.6 Å². The first-order valence-electron chi connectivity index (χ1n) is 3.88. The fraction of sp³-hybridized carbons (Fsp3) is 0.222. The van der Waals surface area contributed by atoms with E-state index in [-0.39, 0.29) is 10.2 Å². The van der Waals surface area contributed by atoms with Crippen molar-refractivity contribution < 1.29 is 23.0 Å². The Hall–Kier alpha value is -1.17. The summed E-state index contributed by atoms with van der Waals surface area (Å²) in [4.78, 5) is 10.7. The van der Waals surface area contributed by atoms with E-state index < -0.39 is 24.2 Å². The average molecular weight is 281 g/mol. The number of halogens is 3. The van der Waals surface area contributed by atoms with Gasteiger partial charge in [-0.05, 0) is 15.9 Å². The van der Waals surface area contributed by atoms with Gasteiger partial charge in [-0.1, -0.05) is 0 Å². The lowest BCUT2D eigenvalue weighted by Gasteiger charge is -2.06. The van der Waals surface area contributed by atoms with Crippen LogP contribution in [0.4, 0.5) is 8.78 Å². The van der Waals surface area contributed by atoms with Crippen molar-refractivity contribution in [1.29, 1.82) is 0 Å². The van der Waals surface area contributed by atoms with Gasteiger partial charge in [-0.2, -0.15) is 0 Å². The average Bonchev–Trinajstić information content (AvgIpc) is 2.21. The van der Waals surface area contributed by atoms with Gasteiger partial charge < -0.3 is 9.47 Å². The maximum Gasteiger partial charge on any atom is 0.343 e. The highest BCUT2D eigenvalue weighted by Crippen LogP contribution is 2.25. The van der Waals surface area contributed by atoms with Crippen LogP contribution < -0.4 is 4.74 Å². The molecule has 0 N–H and O–H groups in total. The summed E-state index contributed by atoms with van der Waals surface area (Å²) >= 11 is 2.87. The fourth-order valence-electron chi connectivity index (χ4n) is 0.811. The smallest absolute Gasteiger partial charge is 0.343 e. The molecule has 6 heteroatoms. The molecule has 0 aliphatic rings. The molecule has 0 aromatic heterocycles. The normalized spacial score (nSPS) is 9.87. The predicted molar refractivity (Wildman–Crippen MR) is 51.6 cm³/mol. The van der Waals surface area contributed by atoms with Crippen molar-refractivity contribution in [2.75, 3.05) is 13.7 Å². The highest BCUT2D eigenvalue weighted by atomic mass is 79.9. The second-order valence-corrected chi connectivity index (χ2v) is 3.42. The zero-order chi connectivity index (χ0) is 11.4. The Kier molecular flexibility index (Phi) is 4.02. The van der Waals surface area contributed by atoms with Crippen molar-refractivity contribution in [3.63, 3.8) is 0 Å². The molecule has 0 aliphatic carbocycles. The van der Waals surface area contributed by atoms with E-state index in [1.165, 1.54) is 7.11 Å². The van der Waals surface area contributed by atoms with Gasteiger partial charge in [0.2, 0.25) is 0 Å². The number of hydrogen-bond acceptors (Lipinski definition) is 3. The van der Waals surface area contributed by atoms with Crippen LogP contribution in [0.5, 0.6) is 5.75 Å². The molecule has 0 aliphatic heterocycles. The molecular weight excluding hydrogens is 274 g/mol. The van der Waals surface area contributed by atoms with Crippen molar-refractivity contribution in [3.05, 3.63) is 28.2 Å². The molecule has 0 saturated carbocycles. The topological polar surface area (TPSA) is 35.5 Å². The van der Waals surface area contributed by atoms with Gasteiger partial charge in [0.25, 0.3) is 0 Å². The highest BCUT2D eigenvalue weighted by Gasteiger charge is 2.10. The summed E-state index contributed by atoms with van der Waals surface area (Å²) in [5, 5.41) is 0. The first kappa shape index (κ1) is 11.9. The number of methoxy groups -OCH3 is 1. The number of hydrogen-bond donors (Lipinski definition) is 0. The van der Waals surface area contributed by atoms with E-state index in [1.807, 2.05) is 0 Å². The minimum atomic E-state index is -0.875. The van der Waals surface area contributed by atoms with Crippen LogP contribution in [0.3, 0.4) is 0 Å². The zero-order valence-corrected chi connectivity index (χ0v) is 9.31. The van der Waals surface area contributed by atoms with Gasteiger partial charge in [0, 0.05) is 12.1 Å². The van der Waals surface area contributed by atoms with Crippen molar-refractivity contribution in [2.24, 2.45) is 0 Å². The molecule has 0 bridgehead atoms. The summed E-state index contributed by atoms with van der Waals surface area (Å²) in [7, 11) is 1.18. The Bertz CT molecular complexity index is 382. The molecule has 0 spiro atoms. The Morgan fingerprint density at radius 1 is 1.40 bits per heavy atom. The van der Waals surface area contributed by atoms with E-state index in [9.17, 15) is 13.6 Å². The van der Waals surface area contributed by atoms with Crippen molar-refractivity contribution in [2.45, 2.75) is 0 Å². The number of carbonyl (C=O) groups excluding carboxylic acids is 1. The second-order valence-electron chi connectivity index (χ2n) is 2.56. The Balaban J connectivity index is 2.77. The molecule has 3 nitrogen and oxygen atoms in total. The van der Waals surface area contributed by atoms with E-state index in [0.29, 0.717) is 6.07 Å². The monoisotopic (exact) mass is 280 g/mol. The van der Waals surface area contributed by atoms with Gasteiger partial charge >= 0.3 is 5.97 Å². The lowest BCUT2D eigenvalue weighted by molar-refractivity contribution is -0.142. The minimum absolute atomic E-state index is 0.0590. The van der Waals surface area contributed by atoms with Crippen molar-refractivity contribution in [1.82, 2.24) is 0 Å². The van der Waals surface area contributed by atoms with Crippen LogP contribution in [0.1, 0.15) is 0 Å². The summed E-state index contributed by atoms with van der Waals surface area (Å²) < 4.78 is 35.0. The van der Waals surface area contributed by atoms with Crippen LogP contribution in [-0.4, -0.2) is 19.7 Å². The standard InChI is InChI=1S/C9H7BrF2O3/c1-14-9(13)4-15-8-2-5(10)6(11)3-7(8)12/h2-3H,4H2,1H3. The molecule has 1 aromatic rings. The van der Waals surface area contributed by atoms with Gasteiger partial charge in [-0.25, -0.2) is 13.6 Å². The molecule has 1 rings (SSSR count). The SMILES string of the molecule is COC(=O)COc1cc(Br)c(F)cc1F. The summed E-state index contributed by atoms with van der Waals surface area (Å²) in [6, 6.07) is 1.77. The minimum Gasteiger partial charge on any atom is -0.479 e. The molecule has 15 heavy (non-hydrogen) atoms. The summed E-state index contributed by atoms with van der Waals surface area (Å²) in [6.45, 7) is -0.425. The third-order valence-electron chi connectivity index (χ3n) is 1.55. The van der Waals surface area contributed by atoms with Crippen LogP contribution >= 0.6 is 15.9 Å². The van der Waals surface area contributed by atoms with E-state index in [2.05, 4.69) is 20.7 Å². The summed E-state index contributed by atoms with van der Waals surface area (Å²) in [5.74, 6) is -2.47. The summed E-state index contributed by atoms with van der Waals surface area (Å²) in [6.07, 6.45) is 0.